The van der Waals surface area contributed by atoms with E-state index in [1.807, 2.05) is 54.8 Å². The van der Waals surface area contributed by atoms with Gasteiger partial charge in [-0.2, -0.15) is 0 Å². The maximum atomic E-state index is 13.8. The number of fused-ring (bicyclic) bond motifs is 1. The molecule has 3 aromatic carbocycles. The number of aliphatic hydroxyl groups excluding tert-OH is 1. The van der Waals surface area contributed by atoms with Crippen molar-refractivity contribution >= 4 is 22.6 Å². The van der Waals surface area contributed by atoms with Crippen LogP contribution in [0.1, 0.15) is 29.3 Å². The maximum absolute atomic E-state index is 13.8. The molecule has 6 nitrogen and oxygen atoms in total. The van der Waals surface area contributed by atoms with Crippen molar-refractivity contribution in [2.75, 3.05) is 18.1 Å². The van der Waals surface area contributed by atoms with Crippen molar-refractivity contribution in [2.24, 2.45) is 0 Å². The zero-order valence-electron chi connectivity index (χ0n) is 19.8. The Balaban J connectivity index is 1.38. The SMILES string of the molecule is Cc1cc(C)cc(OC[C@H](O)Cn2c([C@@H]3CC(=O)N(c4cccc(F)c4)C3)nc3ccccc32)c1. The van der Waals surface area contributed by atoms with Crippen LogP contribution in [0.5, 0.6) is 5.75 Å². The zero-order valence-corrected chi connectivity index (χ0v) is 19.8. The van der Waals surface area contributed by atoms with Crippen LogP contribution in [0, 0.1) is 19.7 Å². The molecule has 1 fully saturated rings. The molecule has 0 unspecified atom stereocenters. The van der Waals surface area contributed by atoms with Crippen LogP contribution >= 0.6 is 0 Å². The summed E-state index contributed by atoms with van der Waals surface area (Å²) in [5.41, 5.74) is 4.45. The Morgan fingerprint density at radius 3 is 2.63 bits per heavy atom. The fraction of sp³-hybridized carbons (Fsp3) is 0.286. The molecule has 5 rings (SSSR count). The van der Waals surface area contributed by atoms with Crippen molar-refractivity contribution in [3.05, 3.63) is 89.5 Å². The molecule has 1 aromatic heterocycles. The topological polar surface area (TPSA) is 67.6 Å². The second-order valence-corrected chi connectivity index (χ2v) is 9.24. The van der Waals surface area contributed by atoms with E-state index in [9.17, 15) is 14.3 Å². The average Bonchev–Trinajstić information content (AvgIpc) is 3.38. The summed E-state index contributed by atoms with van der Waals surface area (Å²) in [6.07, 6.45) is -0.502. The van der Waals surface area contributed by atoms with E-state index in [2.05, 4.69) is 6.07 Å². The number of nitrogens with zero attached hydrogens (tertiary/aromatic N) is 3. The van der Waals surface area contributed by atoms with E-state index >= 15 is 0 Å². The van der Waals surface area contributed by atoms with Crippen molar-refractivity contribution < 1.29 is 19.0 Å². The number of benzene rings is 3. The van der Waals surface area contributed by atoms with Crippen LogP contribution in [-0.2, 0) is 11.3 Å². The molecule has 7 heteroatoms. The van der Waals surface area contributed by atoms with Gasteiger partial charge in [-0.3, -0.25) is 4.79 Å². The van der Waals surface area contributed by atoms with E-state index in [1.165, 1.54) is 12.1 Å². The third-order valence-electron chi connectivity index (χ3n) is 6.33. The van der Waals surface area contributed by atoms with E-state index in [1.54, 1.807) is 17.0 Å². The number of para-hydroxylation sites is 2. The summed E-state index contributed by atoms with van der Waals surface area (Å²) in [4.78, 5) is 19.3. The predicted octanol–water partition coefficient (Wildman–Crippen LogP) is 4.75. The van der Waals surface area contributed by atoms with Gasteiger partial charge < -0.3 is 19.3 Å². The summed E-state index contributed by atoms with van der Waals surface area (Å²) in [7, 11) is 0. The van der Waals surface area contributed by atoms with Crippen LogP contribution in [0.2, 0.25) is 0 Å². The monoisotopic (exact) mass is 473 g/mol. The van der Waals surface area contributed by atoms with Gasteiger partial charge in [0, 0.05) is 24.6 Å². The smallest absolute Gasteiger partial charge is 0.227 e. The van der Waals surface area contributed by atoms with Crippen molar-refractivity contribution in [3.8, 4) is 5.75 Å². The molecule has 0 aliphatic carbocycles. The first-order valence-corrected chi connectivity index (χ1v) is 11.8. The number of rotatable bonds is 7. The maximum Gasteiger partial charge on any atom is 0.227 e. The number of aromatic nitrogens is 2. The molecule has 2 heterocycles. The van der Waals surface area contributed by atoms with Crippen LogP contribution in [0.15, 0.2) is 66.7 Å². The molecule has 1 N–H and O–H groups in total. The number of anilines is 1. The molecular weight excluding hydrogens is 445 g/mol. The summed E-state index contributed by atoms with van der Waals surface area (Å²) in [5, 5.41) is 10.9. The molecule has 1 aliphatic heterocycles. The van der Waals surface area contributed by atoms with E-state index < -0.39 is 6.10 Å². The number of ether oxygens (including phenoxy) is 1. The highest BCUT2D eigenvalue weighted by atomic mass is 19.1. The molecule has 35 heavy (non-hydrogen) atoms. The average molecular weight is 474 g/mol. The summed E-state index contributed by atoms with van der Waals surface area (Å²) in [6, 6.07) is 19.8. The van der Waals surface area contributed by atoms with Crippen molar-refractivity contribution in [3.63, 3.8) is 0 Å². The number of aliphatic hydroxyl groups is 1. The van der Waals surface area contributed by atoms with Crippen LogP contribution < -0.4 is 9.64 Å². The summed E-state index contributed by atoms with van der Waals surface area (Å²) >= 11 is 0. The van der Waals surface area contributed by atoms with E-state index in [-0.39, 0.29) is 37.2 Å². The molecule has 0 saturated carbocycles. The molecule has 1 aliphatic rings. The quantitative estimate of drug-likeness (QED) is 0.421. The lowest BCUT2D eigenvalue weighted by molar-refractivity contribution is -0.117. The standard InChI is InChI=1S/C28H28FN3O3/c1-18-10-19(2)12-24(11-18)35-17-23(33)16-32-26-9-4-3-8-25(26)30-28(32)20-13-27(34)31(15-20)22-7-5-6-21(29)14-22/h3-12,14,20,23,33H,13,15-17H2,1-2H3/t20-,23-/m1/s1. The lowest BCUT2D eigenvalue weighted by Crippen LogP contribution is -2.26. The molecule has 1 saturated heterocycles. The second kappa shape index (κ2) is 9.50. The summed E-state index contributed by atoms with van der Waals surface area (Å²) < 4.78 is 21.6. The highest BCUT2D eigenvalue weighted by Gasteiger charge is 2.35. The Morgan fingerprint density at radius 2 is 1.86 bits per heavy atom. The Kier molecular flexibility index (Phi) is 6.26. The minimum atomic E-state index is -0.774. The summed E-state index contributed by atoms with van der Waals surface area (Å²) in [6.45, 7) is 4.84. The third-order valence-corrected chi connectivity index (χ3v) is 6.33. The molecular formula is C28H28FN3O3. The molecule has 4 aromatic rings. The van der Waals surface area contributed by atoms with E-state index in [0.29, 0.717) is 12.2 Å². The number of amides is 1. The highest BCUT2D eigenvalue weighted by Crippen LogP contribution is 2.33. The number of carbonyl (C=O) groups is 1. The molecule has 2 atom stereocenters. The molecule has 1 amide bonds. The highest BCUT2D eigenvalue weighted by molar-refractivity contribution is 5.96. The van der Waals surface area contributed by atoms with Gasteiger partial charge in [-0.15, -0.1) is 0 Å². The van der Waals surface area contributed by atoms with Gasteiger partial charge in [-0.25, -0.2) is 9.37 Å². The Hall–Kier alpha value is -3.71. The van der Waals surface area contributed by atoms with Gasteiger partial charge in [-0.05, 0) is 67.4 Å². The Morgan fingerprint density at radius 1 is 1.09 bits per heavy atom. The van der Waals surface area contributed by atoms with Gasteiger partial charge in [0.15, 0.2) is 0 Å². The summed E-state index contributed by atoms with van der Waals surface area (Å²) in [5.74, 6) is 0.842. The molecule has 180 valence electrons. The van der Waals surface area contributed by atoms with Gasteiger partial charge >= 0.3 is 0 Å². The fourth-order valence-electron chi connectivity index (χ4n) is 4.84. The predicted molar refractivity (Wildman–Crippen MR) is 133 cm³/mol. The minimum absolute atomic E-state index is 0.0714. The van der Waals surface area contributed by atoms with Crippen molar-refractivity contribution in [1.29, 1.82) is 0 Å². The first-order valence-electron chi connectivity index (χ1n) is 11.8. The lowest BCUT2D eigenvalue weighted by atomic mass is 10.1. The number of carbonyl (C=O) groups excluding carboxylic acids is 1. The zero-order chi connectivity index (χ0) is 24.5. The van der Waals surface area contributed by atoms with Crippen LogP contribution in [0.3, 0.4) is 0 Å². The third kappa shape index (κ3) is 4.91. The first kappa shape index (κ1) is 23.1. The molecule has 0 bridgehead atoms. The number of hydrogen-bond acceptors (Lipinski definition) is 4. The van der Waals surface area contributed by atoms with Gasteiger partial charge in [0.25, 0.3) is 0 Å². The second-order valence-electron chi connectivity index (χ2n) is 9.24. The van der Waals surface area contributed by atoms with Crippen LogP contribution in [0.25, 0.3) is 11.0 Å². The molecule has 0 spiro atoms. The lowest BCUT2D eigenvalue weighted by Gasteiger charge is -2.19. The number of hydrogen-bond donors (Lipinski definition) is 1. The Labute approximate surface area is 203 Å². The normalized spacial score (nSPS) is 16.7. The van der Waals surface area contributed by atoms with Gasteiger partial charge in [-0.1, -0.05) is 24.3 Å². The van der Waals surface area contributed by atoms with Gasteiger partial charge in [0.05, 0.1) is 17.6 Å². The van der Waals surface area contributed by atoms with Crippen LogP contribution in [-0.4, -0.2) is 39.8 Å². The minimum Gasteiger partial charge on any atom is -0.491 e. The fourth-order valence-corrected chi connectivity index (χ4v) is 4.84. The number of halogens is 1. The van der Waals surface area contributed by atoms with Gasteiger partial charge in [0.1, 0.15) is 30.1 Å². The van der Waals surface area contributed by atoms with Gasteiger partial charge in [0.2, 0.25) is 5.91 Å². The first-order chi connectivity index (χ1) is 16.9. The van der Waals surface area contributed by atoms with Crippen LogP contribution in [0.4, 0.5) is 10.1 Å². The number of imidazole rings is 1. The molecule has 0 radical (unpaired) electrons. The Bertz CT molecular complexity index is 1360. The van der Waals surface area contributed by atoms with Crippen molar-refractivity contribution in [2.45, 2.75) is 38.8 Å². The number of aryl methyl sites for hydroxylation is 2. The van der Waals surface area contributed by atoms with E-state index in [4.69, 9.17) is 9.72 Å². The van der Waals surface area contributed by atoms with Crippen molar-refractivity contribution in [1.82, 2.24) is 9.55 Å². The largest absolute Gasteiger partial charge is 0.491 e. The van der Waals surface area contributed by atoms with E-state index in [0.717, 1.165) is 33.7 Å².